The number of benzene rings is 3. The Kier molecular flexibility index (Phi) is 15.8. The van der Waals surface area contributed by atoms with E-state index in [0.29, 0.717) is 27.4 Å². The van der Waals surface area contributed by atoms with Gasteiger partial charge in [-0.05, 0) is 60.2 Å². The molecular weight excluding hydrogens is 766 g/mol. The number of carbonyl (C=O) groups excluding carboxylic acids is 1. The van der Waals surface area contributed by atoms with E-state index in [9.17, 15) is 27.9 Å². The van der Waals surface area contributed by atoms with Crippen LogP contribution < -0.4 is 19.8 Å². The Morgan fingerprint density at radius 1 is 1.00 bits per heavy atom. The third-order valence-electron chi connectivity index (χ3n) is 9.76. The van der Waals surface area contributed by atoms with E-state index in [1.807, 2.05) is 12.1 Å². The molecule has 1 unspecified atom stereocenters. The summed E-state index contributed by atoms with van der Waals surface area (Å²) in [4.78, 5) is 25.6. The normalized spacial score (nSPS) is 18.6. The van der Waals surface area contributed by atoms with E-state index in [1.54, 1.807) is 101 Å². The second kappa shape index (κ2) is 19.7. The average molecular weight is 819 g/mol. The van der Waals surface area contributed by atoms with Crippen LogP contribution in [0.4, 0.5) is 13.2 Å². The molecule has 2 N–H and O–H groups in total. The maximum atomic E-state index is 14.7. The van der Waals surface area contributed by atoms with Gasteiger partial charge in [0.15, 0.2) is 12.6 Å². The molecule has 0 aliphatic carbocycles. The highest BCUT2D eigenvalue weighted by Crippen LogP contribution is 2.47. The lowest BCUT2D eigenvalue weighted by Gasteiger charge is -2.43. The predicted octanol–water partition coefficient (Wildman–Crippen LogP) is 7.10. The fourth-order valence-corrected chi connectivity index (χ4v) is 11.0. The van der Waals surface area contributed by atoms with Crippen molar-refractivity contribution in [2.24, 2.45) is 5.92 Å². The molecule has 1 heterocycles. The summed E-state index contributed by atoms with van der Waals surface area (Å²) in [6.07, 6.45) is -2.05. The third kappa shape index (κ3) is 11.3. The van der Waals surface area contributed by atoms with Crippen LogP contribution in [0.25, 0.3) is 6.08 Å². The van der Waals surface area contributed by atoms with Crippen LogP contribution in [0, 0.1) is 5.92 Å². The molecule has 306 valence electrons. The molecule has 0 saturated carbocycles. The SMILES string of the molecule is COCOc1cc(OC)cc(/C=C/C[C@@H]2OC(C)(C)O[C@@H]2C(O)/C=C\C[C@@H](CC(C)(C)[Si](O)(c2ccccc2)c2ccccc2)C(F)(F)F)c1C(=O)OCCS. The van der Waals surface area contributed by atoms with Gasteiger partial charge in [-0.25, -0.2) is 4.79 Å². The smallest absolute Gasteiger partial charge is 0.392 e. The Hall–Kier alpha value is -3.63. The first-order chi connectivity index (χ1) is 26.5. The zero-order valence-corrected chi connectivity index (χ0v) is 34.5. The number of allylic oxidation sites excluding steroid dienone is 1. The quantitative estimate of drug-likeness (QED) is 0.0384. The van der Waals surface area contributed by atoms with Crippen molar-refractivity contribution in [3.63, 3.8) is 0 Å². The number of halogens is 3. The lowest BCUT2D eigenvalue weighted by molar-refractivity contribution is -0.177. The Balaban J connectivity index is 1.54. The maximum Gasteiger partial charge on any atom is 0.392 e. The first-order valence-corrected chi connectivity index (χ1v) is 20.9. The second-order valence-electron chi connectivity index (χ2n) is 14.7. The van der Waals surface area contributed by atoms with Crippen LogP contribution in [0.15, 0.2) is 91.0 Å². The van der Waals surface area contributed by atoms with E-state index in [-0.39, 0.29) is 37.6 Å². The van der Waals surface area contributed by atoms with Crippen LogP contribution in [0.3, 0.4) is 0 Å². The number of alkyl halides is 3. The molecule has 4 rings (SSSR count). The standard InChI is InChI=1S/C42H53F3O9SSi/c1-40(2,56(48,32-17-9-7-10-18-32)33-19-11-8-12-20-33)27-30(42(43,44)45)16-14-21-34(46)38-35(53-41(3,4)54-38)22-13-15-29-25-31(50-6)26-36(52-28-49-5)37(29)39(47)51-23-24-55/h7-15,17-21,25-26,30,34-35,38,46,48,55H,16,22-24,27-28H2,1-6H3/b15-13+,21-14-/t30-,34?,35-,38+/m0/s1. The molecule has 56 heavy (non-hydrogen) atoms. The van der Waals surface area contributed by atoms with Crippen molar-refractivity contribution in [3.05, 3.63) is 102 Å². The number of rotatable bonds is 19. The minimum Gasteiger partial charge on any atom is -0.497 e. The van der Waals surface area contributed by atoms with Gasteiger partial charge < -0.3 is 38.3 Å². The van der Waals surface area contributed by atoms with Gasteiger partial charge in [0, 0.05) is 18.9 Å². The van der Waals surface area contributed by atoms with Gasteiger partial charge in [-0.2, -0.15) is 25.8 Å². The van der Waals surface area contributed by atoms with Gasteiger partial charge in [0.2, 0.25) is 0 Å². The van der Waals surface area contributed by atoms with Crippen molar-refractivity contribution in [3.8, 4) is 11.5 Å². The van der Waals surface area contributed by atoms with Crippen molar-refractivity contribution in [2.75, 3.05) is 33.4 Å². The van der Waals surface area contributed by atoms with E-state index in [2.05, 4.69) is 12.6 Å². The summed E-state index contributed by atoms with van der Waals surface area (Å²) in [5.41, 5.74) is 0.561. The number of hydrogen-bond acceptors (Lipinski definition) is 10. The van der Waals surface area contributed by atoms with Gasteiger partial charge >= 0.3 is 12.1 Å². The topological polar surface area (TPSA) is 113 Å². The van der Waals surface area contributed by atoms with Crippen LogP contribution >= 0.6 is 12.6 Å². The van der Waals surface area contributed by atoms with E-state index in [4.69, 9.17) is 28.4 Å². The van der Waals surface area contributed by atoms with Crippen molar-refractivity contribution in [1.82, 2.24) is 0 Å². The fourth-order valence-electron chi connectivity index (χ4n) is 7.08. The number of hydrogen-bond donors (Lipinski definition) is 3. The Morgan fingerprint density at radius 3 is 2.18 bits per heavy atom. The van der Waals surface area contributed by atoms with Crippen LogP contribution in [0.5, 0.6) is 11.5 Å². The number of aliphatic hydroxyl groups excluding tert-OH is 1. The summed E-state index contributed by atoms with van der Waals surface area (Å²) in [5.74, 6) is -2.63. The highest BCUT2D eigenvalue weighted by Gasteiger charge is 2.54. The van der Waals surface area contributed by atoms with Gasteiger partial charge in [0.25, 0.3) is 8.32 Å². The molecule has 0 aromatic heterocycles. The number of esters is 1. The van der Waals surface area contributed by atoms with Crippen molar-refractivity contribution in [1.29, 1.82) is 0 Å². The molecule has 1 aliphatic heterocycles. The van der Waals surface area contributed by atoms with Gasteiger partial charge in [0.1, 0.15) is 35.9 Å². The van der Waals surface area contributed by atoms with Crippen LogP contribution in [0.2, 0.25) is 5.04 Å². The number of aliphatic hydroxyl groups is 1. The zero-order chi connectivity index (χ0) is 41.1. The summed E-state index contributed by atoms with van der Waals surface area (Å²) < 4.78 is 77.8. The Labute approximate surface area is 334 Å². The molecule has 1 saturated heterocycles. The average Bonchev–Trinajstić information content (AvgIpc) is 3.48. The third-order valence-corrected chi connectivity index (χ3v) is 14.4. The lowest BCUT2D eigenvalue weighted by atomic mass is 9.92. The highest BCUT2D eigenvalue weighted by atomic mass is 32.1. The van der Waals surface area contributed by atoms with Gasteiger partial charge in [-0.1, -0.05) is 98.8 Å². The number of carbonyl (C=O) groups is 1. The van der Waals surface area contributed by atoms with Gasteiger partial charge in [-0.15, -0.1) is 0 Å². The molecule has 3 aromatic rings. The molecule has 0 radical (unpaired) electrons. The largest absolute Gasteiger partial charge is 0.497 e. The van der Waals surface area contributed by atoms with Crippen LogP contribution in [-0.2, 0) is 18.9 Å². The predicted molar refractivity (Wildman–Crippen MR) is 215 cm³/mol. The minimum atomic E-state index is -4.58. The van der Waals surface area contributed by atoms with E-state index in [1.165, 1.54) is 26.4 Å². The second-order valence-corrected chi connectivity index (χ2v) is 19.1. The fraction of sp³-hybridized carbons (Fsp3) is 0.452. The first kappa shape index (κ1) is 45.1. The van der Waals surface area contributed by atoms with Gasteiger partial charge in [0.05, 0.1) is 19.1 Å². The molecule has 4 atom stereocenters. The molecule has 14 heteroatoms. The summed E-state index contributed by atoms with van der Waals surface area (Å²) in [6.45, 7) is 6.71. The van der Waals surface area contributed by atoms with E-state index >= 15 is 0 Å². The Morgan fingerprint density at radius 2 is 1.62 bits per heavy atom. The molecule has 1 aliphatic rings. The number of thiol groups is 1. The molecular formula is C42H53F3O9SSi. The zero-order valence-electron chi connectivity index (χ0n) is 32.6. The summed E-state index contributed by atoms with van der Waals surface area (Å²) in [6, 6.07) is 21.0. The van der Waals surface area contributed by atoms with E-state index < -0.39 is 61.9 Å². The van der Waals surface area contributed by atoms with E-state index in [0.717, 1.165) is 0 Å². The van der Waals surface area contributed by atoms with Crippen molar-refractivity contribution in [2.45, 2.75) is 82.3 Å². The minimum absolute atomic E-state index is 0.0725. The van der Waals surface area contributed by atoms with Crippen molar-refractivity contribution >= 4 is 43.4 Å². The molecule has 0 amide bonds. The molecule has 0 spiro atoms. The summed E-state index contributed by atoms with van der Waals surface area (Å²) in [7, 11) is -0.792. The molecule has 3 aromatic carbocycles. The summed E-state index contributed by atoms with van der Waals surface area (Å²) >= 11 is 4.12. The van der Waals surface area contributed by atoms with Crippen molar-refractivity contribution < 1.29 is 56.3 Å². The highest BCUT2D eigenvalue weighted by molar-refractivity contribution is 7.80. The number of ether oxygens (including phenoxy) is 6. The lowest BCUT2D eigenvalue weighted by Crippen LogP contribution is -2.65. The Bertz CT molecular complexity index is 1730. The van der Waals surface area contributed by atoms with Crippen LogP contribution in [0.1, 0.15) is 62.9 Å². The molecule has 1 fully saturated rings. The monoisotopic (exact) mass is 818 g/mol. The van der Waals surface area contributed by atoms with Crippen LogP contribution in [-0.4, -0.2) is 87.8 Å². The molecule has 9 nitrogen and oxygen atoms in total. The summed E-state index contributed by atoms with van der Waals surface area (Å²) in [5, 5.41) is 11.4. The maximum absolute atomic E-state index is 14.7. The number of methoxy groups -OCH3 is 2. The molecule has 0 bridgehead atoms. The van der Waals surface area contributed by atoms with Gasteiger partial charge in [-0.3, -0.25) is 0 Å². The first-order valence-electron chi connectivity index (χ1n) is 18.4.